The van der Waals surface area contributed by atoms with Gasteiger partial charge in [0.05, 0.1) is 11.1 Å². The van der Waals surface area contributed by atoms with Gasteiger partial charge >= 0.3 is 7.25 Å². The summed E-state index contributed by atoms with van der Waals surface area (Å²) in [6, 6.07) is 21.5. The van der Waals surface area contributed by atoms with Gasteiger partial charge in [-0.25, -0.2) is 0 Å². The molecule has 2 aromatic carbocycles. The molecular formula is C33H40BF4NO. The van der Waals surface area contributed by atoms with Crippen molar-refractivity contribution >= 4 is 18.5 Å². The van der Waals surface area contributed by atoms with E-state index >= 15 is 0 Å². The number of benzene rings is 2. The fraction of sp³-hybridized carbons (Fsp3) is 0.364. The molecule has 0 N–H and O–H groups in total. The number of hydrogen-bond acceptors (Lipinski definition) is 1. The SMILES string of the molecule is CC(C)(C)C1=CC(=C2C=C(c3ccccc3)C(c3ccccc3)=[N+]2C(C)(C)C)C=C(C(C)(C)C)O1.F[B-](F)(F)F. The molecule has 0 bridgehead atoms. The normalized spacial score (nSPS) is 16.6. The van der Waals surface area contributed by atoms with E-state index in [1.54, 1.807) is 0 Å². The molecule has 2 heterocycles. The third-order valence-corrected chi connectivity index (χ3v) is 6.37. The molecule has 214 valence electrons. The molecule has 0 amide bonds. The van der Waals surface area contributed by atoms with Gasteiger partial charge in [0.15, 0.2) is 5.54 Å². The fourth-order valence-corrected chi connectivity index (χ4v) is 4.53. The van der Waals surface area contributed by atoms with Crippen molar-refractivity contribution in [2.75, 3.05) is 0 Å². The minimum Gasteiger partial charge on any atom is -0.465 e. The second kappa shape index (κ2) is 11.3. The number of hydrogen-bond donors (Lipinski definition) is 0. The number of rotatable bonds is 2. The van der Waals surface area contributed by atoms with Gasteiger partial charge in [-0.3, -0.25) is 0 Å². The molecule has 2 aliphatic heterocycles. The lowest BCUT2D eigenvalue weighted by Crippen LogP contribution is -2.35. The highest BCUT2D eigenvalue weighted by Gasteiger charge is 2.42. The zero-order chi connectivity index (χ0) is 30.1. The summed E-state index contributed by atoms with van der Waals surface area (Å²) in [6.45, 7) is 20.2. The molecule has 0 spiro atoms. The van der Waals surface area contributed by atoms with Crippen molar-refractivity contribution in [3.8, 4) is 0 Å². The monoisotopic (exact) mass is 553 g/mol. The van der Waals surface area contributed by atoms with Gasteiger partial charge in [0.2, 0.25) is 11.4 Å². The fourth-order valence-electron chi connectivity index (χ4n) is 4.53. The van der Waals surface area contributed by atoms with E-state index in [4.69, 9.17) is 4.74 Å². The Morgan fingerprint density at radius 1 is 0.600 bits per heavy atom. The molecular weight excluding hydrogens is 513 g/mol. The number of halogens is 4. The summed E-state index contributed by atoms with van der Waals surface area (Å²) in [4.78, 5) is 0. The number of allylic oxidation sites excluding steroid dienone is 7. The summed E-state index contributed by atoms with van der Waals surface area (Å²) >= 11 is 0. The van der Waals surface area contributed by atoms with Crippen molar-refractivity contribution in [3.63, 3.8) is 0 Å². The lowest BCUT2D eigenvalue weighted by molar-refractivity contribution is -0.544. The van der Waals surface area contributed by atoms with Gasteiger partial charge in [-0.15, -0.1) is 0 Å². The zero-order valence-corrected chi connectivity index (χ0v) is 25.0. The highest BCUT2D eigenvalue weighted by atomic mass is 19.5. The van der Waals surface area contributed by atoms with Gasteiger partial charge in [-0.05, 0) is 29.8 Å². The maximum Gasteiger partial charge on any atom is 0.673 e. The van der Waals surface area contributed by atoms with Crippen LogP contribution in [0.1, 0.15) is 73.4 Å². The van der Waals surface area contributed by atoms with Crippen LogP contribution in [-0.4, -0.2) is 23.1 Å². The Bertz CT molecular complexity index is 1340. The van der Waals surface area contributed by atoms with E-state index in [1.165, 1.54) is 33.7 Å². The minimum atomic E-state index is -6.00. The van der Waals surface area contributed by atoms with Gasteiger partial charge in [-0.1, -0.05) is 90.1 Å². The zero-order valence-electron chi connectivity index (χ0n) is 25.0. The molecule has 0 saturated carbocycles. The Kier molecular flexibility index (Phi) is 8.78. The highest BCUT2D eigenvalue weighted by Crippen LogP contribution is 2.42. The van der Waals surface area contributed by atoms with E-state index in [0.717, 1.165) is 11.5 Å². The molecule has 0 aromatic heterocycles. The minimum absolute atomic E-state index is 0.0975. The second-order valence-corrected chi connectivity index (χ2v) is 13.1. The van der Waals surface area contributed by atoms with Crippen LogP contribution in [0, 0.1) is 10.8 Å². The summed E-state index contributed by atoms with van der Waals surface area (Å²) in [5.41, 5.74) is 7.02. The van der Waals surface area contributed by atoms with Crippen LogP contribution in [0.15, 0.2) is 102 Å². The van der Waals surface area contributed by atoms with Gasteiger partial charge in [-0.2, -0.15) is 4.58 Å². The van der Waals surface area contributed by atoms with Crippen LogP contribution in [0.4, 0.5) is 17.3 Å². The topological polar surface area (TPSA) is 12.2 Å². The van der Waals surface area contributed by atoms with Crippen LogP contribution in [0.3, 0.4) is 0 Å². The molecule has 0 fully saturated rings. The Morgan fingerprint density at radius 3 is 1.38 bits per heavy atom. The van der Waals surface area contributed by atoms with E-state index < -0.39 is 7.25 Å². The Hall–Kier alpha value is -3.35. The quantitative estimate of drug-likeness (QED) is 0.205. The lowest BCUT2D eigenvalue weighted by atomic mass is 9.86. The summed E-state index contributed by atoms with van der Waals surface area (Å²) in [6.07, 6.45) is 6.86. The van der Waals surface area contributed by atoms with Crippen molar-refractivity contribution in [2.45, 2.75) is 67.9 Å². The van der Waals surface area contributed by atoms with E-state index in [9.17, 15) is 17.3 Å². The van der Waals surface area contributed by atoms with Crippen LogP contribution in [0.2, 0.25) is 0 Å². The standard InChI is InChI=1S/C33H40NO.BF4/c1-31(2,3)28-20-25(21-29(35-28)32(4,5)6)27-22-26(23-16-12-10-13-17-23)30(34(27)33(7,8)9)24-18-14-11-15-19-24;2-1(3,4)5/h10-22H,1-9H3;/q+1;-1. The first-order valence-electron chi connectivity index (χ1n) is 13.5. The van der Waals surface area contributed by atoms with E-state index in [-0.39, 0.29) is 16.4 Å². The van der Waals surface area contributed by atoms with Crippen molar-refractivity contribution in [3.05, 3.63) is 113 Å². The molecule has 40 heavy (non-hydrogen) atoms. The van der Waals surface area contributed by atoms with Gasteiger partial charge < -0.3 is 22.0 Å². The number of ether oxygens (including phenoxy) is 1. The molecule has 0 aliphatic carbocycles. The van der Waals surface area contributed by atoms with Crippen molar-refractivity contribution < 1.29 is 26.6 Å². The Balaban J connectivity index is 0.000000810. The molecule has 4 rings (SSSR count). The van der Waals surface area contributed by atoms with E-state index in [1.807, 2.05) is 0 Å². The molecule has 2 aliphatic rings. The average Bonchev–Trinajstić information content (AvgIpc) is 3.24. The predicted molar refractivity (Wildman–Crippen MR) is 158 cm³/mol. The smallest absolute Gasteiger partial charge is 0.465 e. The third kappa shape index (κ3) is 7.86. The summed E-state index contributed by atoms with van der Waals surface area (Å²) in [7, 11) is -6.00. The Morgan fingerprint density at radius 2 is 1.00 bits per heavy atom. The molecule has 0 unspecified atom stereocenters. The predicted octanol–water partition coefficient (Wildman–Crippen LogP) is 9.83. The Labute approximate surface area is 236 Å². The van der Waals surface area contributed by atoms with Crippen LogP contribution < -0.4 is 0 Å². The molecule has 0 saturated heterocycles. The first-order chi connectivity index (χ1) is 18.3. The molecule has 2 nitrogen and oxygen atoms in total. The van der Waals surface area contributed by atoms with Crippen molar-refractivity contribution in [1.82, 2.24) is 0 Å². The van der Waals surface area contributed by atoms with Gasteiger partial charge in [0.25, 0.3) is 0 Å². The largest absolute Gasteiger partial charge is 0.673 e. The number of nitrogens with zero attached hydrogens (tertiary/aromatic N) is 1. The molecule has 2 aromatic rings. The van der Waals surface area contributed by atoms with Crippen LogP contribution >= 0.6 is 0 Å². The van der Waals surface area contributed by atoms with Crippen LogP contribution in [0.5, 0.6) is 0 Å². The maximum atomic E-state index is 9.75. The molecule has 0 atom stereocenters. The lowest BCUT2D eigenvalue weighted by Gasteiger charge is -2.32. The molecule has 0 radical (unpaired) electrons. The maximum absolute atomic E-state index is 9.75. The van der Waals surface area contributed by atoms with Crippen molar-refractivity contribution in [1.29, 1.82) is 0 Å². The first-order valence-corrected chi connectivity index (χ1v) is 13.5. The average molecular weight is 553 g/mol. The second-order valence-electron chi connectivity index (χ2n) is 13.1. The van der Waals surface area contributed by atoms with Gasteiger partial charge in [0.1, 0.15) is 11.5 Å². The summed E-state index contributed by atoms with van der Waals surface area (Å²) in [5.74, 6) is 2.01. The van der Waals surface area contributed by atoms with Crippen LogP contribution in [0.25, 0.3) is 5.57 Å². The highest BCUT2D eigenvalue weighted by molar-refractivity contribution is 6.50. The third-order valence-electron chi connectivity index (χ3n) is 6.37. The van der Waals surface area contributed by atoms with E-state index in [0.29, 0.717) is 0 Å². The first kappa shape index (κ1) is 31.2. The van der Waals surface area contributed by atoms with Crippen LogP contribution in [-0.2, 0) is 4.74 Å². The summed E-state index contributed by atoms with van der Waals surface area (Å²) < 4.78 is 48.0. The van der Waals surface area contributed by atoms with Crippen molar-refractivity contribution in [2.24, 2.45) is 10.8 Å². The summed E-state index contributed by atoms with van der Waals surface area (Å²) in [5, 5.41) is 0. The molecule has 7 heteroatoms. The van der Waals surface area contributed by atoms with E-state index in [2.05, 4.69) is 146 Å². The van der Waals surface area contributed by atoms with Gasteiger partial charge in [0, 0.05) is 43.2 Å².